The first-order valence-corrected chi connectivity index (χ1v) is 9.28. The Bertz CT molecular complexity index is 950. The fourth-order valence-electron chi connectivity index (χ4n) is 3.28. The van der Waals surface area contributed by atoms with Gasteiger partial charge in [0.1, 0.15) is 0 Å². The molecule has 1 amide bonds. The second kappa shape index (κ2) is 5.15. The number of methoxy groups -OCH3 is 1. The average molecular weight is 365 g/mol. The van der Waals surface area contributed by atoms with Gasteiger partial charge in [-0.1, -0.05) is 0 Å². The van der Waals surface area contributed by atoms with Crippen molar-refractivity contribution >= 4 is 21.7 Å². The van der Waals surface area contributed by atoms with Crippen molar-refractivity contribution in [3.63, 3.8) is 0 Å². The van der Waals surface area contributed by atoms with E-state index in [-0.39, 0.29) is 24.1 Å². The largest absolute Gasteiger partial charge is 0.479 e. The molecule has 0 unspecified atom stereocenters. The summed E-state index contributed by atoms with van der Waals surface area (Å²) in [5.41, 5.74) is 0.0477. The minimum atomic E-state index is -3.47. The van der Waals surface area contributed by atoms with E-state index in [1.807, 2.05) is 0 Å². The van der Waals surface area contributed by atoms with Gasteiger partial charge in [-0.3, -0.25) is 14.1 Å². The fourth-order valence-corrected chi connectivity index (χ4v) is 4.21. The number of aromatic nitrogens is 3. The minimum absolute atomic E-state index is 0.0732. The van der Waals surface area contributed by atoms with Gasteiger partial charge in [-0.05, 0) is 5.16 Å². The third-order valence-corrected chi connectivity index (χ3v) is 5.55. The van der Waals surface area contributed by atoms with Gasteiger partial charge in [0.2, 0.25) is 15.8 Å². The molecule has 0 bridgehead atoms. The zero-order valence-electron chi connectivity index (χ0n) is 13.5. The molecule has 2 aliphatic rings. The third kappa shape index (κ3) is 2.34. The maximum absolute atomic E-state index is 12.5. The van der Waals surface area contributed by atoms with Crippen molar-refractivity contribution in [2.75, 3.05) is 37.3 Å². The summed E-state index contributed by atoms with van der Waals surface area (Å²) in [7, 11) is -2.04. The number of carbonyl (C=O) groups is 1. The number of fused-ring (bicyclic) bond motifs is 2. The van der Waals surface area contributed by atoms with Crippen molar-refractivity contribution in [1.29, 1.82) is 0 Å². The van der Waals surface area contributed by atoms with Crippen LogP contribution in [0, 0.1) is 0 Å². The summed E-state index contributed by atoms with van der Waals surface area (Å²) in [4.78, 5) is 22.5. The number of hydrogen-bond acceptors (Lipinski definition) is 8. The van der Waals surface area contributed by atoms with Crippen molar-refractivity contribution in [2.24, 2.45) is 0 Å². The smallest absolute Gasteiger partial charge is 0.292 e. The molecule has 1 saturated heterocycles. The molecule has 4 rings (SSSR count). The molecule has 0 atom stereocenters. The summed E-state index contributed by atoms with van der Waals surface area (Å²) in [5, 5.41) is 3.61. The second-order valence-corrected chi connectivity index (χ2v) is 8.08. The molecule has 2 aromatic heterocycles. The van der Waals surface area contributed by atoms with Gasteiger partial charge in [0.25, 0.3) is 11.8 Å². The highest BCUT2D eigenvalue weighted by atomic mass is 32.2. The van der Waals surface area contributed by atoms with E-state index in [1.54, 1.807) is 4.90 Å². The molecule has 132 valence electrons. The molecule has 0 saturated carbocycles. The van der Waals surface area contributed by atoms with Gasteiger partial charge in [0.05, 0.1) is 37.1 Å². The van der Waals surface area contributed by atoms with Crippen molar-refractivity contribution in [3.8, 4) is 5.88 Å². The molecule has 0 aliphatic carbocycles. The molecule has 0 aromatic carbocycles. The van der Waals surface area contributed by atoms with Gasteiger partial charge < -0.3 is 14.2 Å². The van der Waals surface area contributed by atoms with Crippen LogP contribution >= 0.6 is 0 Å². The van der Waals surface area contributed by atoms with Crippen molar-refractivity contribution < 1.29 is 22.5 Å². The summed E-state index contributed by atoms with van der Waals surface area (Å²) in [6.07, 6.45) is 4.11. The Morgan fingerprint density at radius 2 is 2.00 bits per heavy atom. The molecule has 0 N–H and O–H groups in total. The Balaban J connectivity index is 1.59. The Morgan fingerprint density at radius 3 is 2.64 bits per heavy atom. The lowest BCUT2D eigenvalue weighted by atomic mass is 9.78. The lowest BCUT2D eigenvalue weighted by molar-refractivity contribution is 0.0383. The van der Waals surface area contributed by atoms with Crippen LogP contribution in [-0.4, -0.2) is 67.3 Å². The summed E-state index contributed by atoms with van der Waals surface area (Å²) in [5.74, 6) is 0.297. The number of rotatable bonds is 3. The monoisotopic (exact) mass is 365 g/mol. The fraction of sp³-hybridized carbons (Fsp3) is 0.429. The van der Waals surface area contributed by atoms with Crippen molar-refractivity contribution in [2.45, 2.75) is 5.41 Å². The maximum Gasteiger partial charge on any atom is 0.292 e. The molecular formula is C14H15N5O5S. The zero-order valence-corrected chi connectivity index (χ0v) is 14.4. The van der Waals surface area contributed by atoms with Gasteiger partial charge in [-0.15, -0.1) is 0 Å². The number of amides is 1. The van der Waals surface area contributed by atoms with Crippen LogP contribution in [0.15, 0.2) is 23.0 Å². The van der Waals surface area contributed by atoms with E-state index in [0.717, 1.165) is 6.26 Å². The van der Waals surface area contributed by atoms with E-state index < -0.39 is 15.4 Å². The number of likely N-dealkylation sites (tertiary alicyclic amines) is 1. The summed E-state index contributed by atoms with van der Waals surface area (Å²) >= 11 is 0. The average Bonchev–Trinajstić information content (AvgIpc) is 3.15. The van der Waals surface area contributed by atoms with Gasteiger partial charge in [0, 0.05) is 25.5 Å². The van der Waals surface area contributed by atoms with Crippen LogP contribution in [0.25, 0.3) is 0 Å². The highest BCUT2D eigenvalue weighted by molar-refractivity contribution is 7.92. The number of nitrogens with zero attached hydrogens (tertiary/aromatic N) is 5. The molecule has 1 fully saturated rings. The van der Waals surface area contributed by atoms with Crippen molar-refractivity contribution in [3.05, 3.63) is 29.9 Å². The first kappa shape index (κ1) is 15.8. The van der Waals surface area contributed by atoms with E-state index in [4.69, 9.17) is 9.26 Å². The van der Waals surface area contributed by atoms with E-state index in [1.165, 1.54) is 29.9 Å². The van der Waals surface area contributed by atoms with E-state index in [2.05, 4.69) is 15.1 Å². The van der Waals surface area contributed by atoms with Gasteiger partial charge in [-0.25, -0.2) is 13.4 Å². The number of anilines is 1. The molecular weight excluding hydrogens is 350 g/mol. The lowest BCUT2D eigenvalue weighted by Gasteiger charge is -2.46. The van der Waals surface area contributed by atoms with E-state index in [0.29, 0.717) is 24.6 Å². The van der Waals surface area contributed by atoms with Gasteiger partial charge in [-0.2, -0.15) is 0 Å². The van der Waals surface area contributed by atoms with Gasteiger partial charge in [0.15, 0.2) is 5.82 Å². The van der Waals surface area contributed by atoms with Crippen LogP contribution < -0.4 is 9.04 Å². The topological polar surface area (TPSA) is 119 Å². The predicted molar refractivity (Wildman–Crippen MR) is 84.9 cm³/mol. The summed E-state index contributed by atoms with van der Waals surface area (Å²) < 4.78 is 35.2. The van der Waals surface area contributed by atoms with Crippen LogP contribution in [0.4, 0.5) is 5.82 Å². The molecule has 25 heavy (non-hydrogen) atoms. The quantitative estimate of drug-likeness (QED) is 0.724. The highest BCUT2D eigenvalue weighted by Gasteiger charge is 2.56. The van der Waals surface area contributed by atoms with Crippen LogP contribution in [0.2, 0.25) is 0 Å². The Kier molecular flexibility index (Phi) is 3.26. The minimum Gasteiger partial charge on any atom is -0.479 e. The molecule has 4 heterocycles. The Morgan fingerprint density at radius 1 is 1.28 bits per heavy atom. The van der Waals surface area contributed by atoms with Crippen LogP contribution in [-0.2, 0) is 15.4 Å². The molecule has 11 heteroatoms. The molecule has 2 aromatic rings. The lowest BCUT2D eigenvalue weighted by Crippen LogP contribution is -2.63. The molecule has 10 nitrogen and oxygen atoms in total. The van der Waals surface area contributed by atoms with Crippen LogP contribution in [0.1, 0.15) is 16.2 Å². The summed E-state index contributed by atoms with van der Waals surface area (Å²) in [6, 6.07) is 1.42. The predicted octanol–water partition coefficient (Wildman–Crippen LogP) is -0.353. The first-order valence-electron chi connectivity index (χ1n) is 7.43. The number of hydrogen-bond donors (Lipinski definition) is 0. The number of carbonyl (C=O) groups excluding carboxylic acids is 1. The third-order valence-electron chi connectivity index (χ3n) is 4.45. The Labute approximate surface area is 143 Å². The molecule has 2 aliphatic heterocycles. The normalized spacial score (nSPS) is 18.2. The SMILES string of the molecule is COc1cc(C(=O)N2CC3(C2)CN(S(C)(=O)=O)c2nccnc23)on1. The van der Waals surface area contributed by atoms with Gasteiger partial charge >= 0.3 is 0 Å². The number of sulfonamides is 1. The molecule has 0 radical (unpaired) electrons. The van der Waals surface area contributed by atoms with Crippen LogP contribution in [0.5, 0.6) is 5.88 Å². The first-order chi connectivity index (χ1) is 11.8. The zero-order chi connectivity index (χ0) is 17.8. The van der Waals surface area contributed by atoms with E-state index >= 15 is 0 Å². The second-order valence-electron chi connectivity index (χ2n) is 6.17. The van der Waals surface area contributed by atoms with Crippen molar-refractivity contribution in [1.82, 2.24) is 20.0 Å². The standard InChI is InChI=1S/C14H15N5O5S/c1-23-10-5-9(24-17-10)13(20)18-6-14(7-18)8-19(25(2,21)22)12-11(14)15-3-4-16-12/h3-5H,6-8H2,1-2H3. The number of ether oxygens (including phenoxy) is 1. The highest BCUT2D eigenvalue weighted by Crippen LogP contribution is 2.45. The Hall–Kier alpha value is -2.69. The maximum atomic E-state index is 12.5. The van der Waals surface area contributed by atoms with Crippen LogP contribution in [0.3, 0.4) is 0 Å². The summed E-state index contributed by atoms with van der Waals surface area (Å²) in [6.45, 7) is 0.869. The molecule has 1 spiro atoms. The van der Waals surface area contributed by atoms with E-state index in [9.17, 15) is 13.2 Å².